The zero-order valence-electron chi connectivity index (χ0n) is 14.1. The summed E-state index contributed by atoms with van der Waals surface area (Å²) in [4.78, 5) is 25.3. The average molecular weight is 353 g/mol. The zero-order chi connectivity index (χ0) is 17.7. The Morgan fingerprint density at radius 3 is 2.83 bits per heavy atom. The number of halogens is 1. The van der Waals surface area contributed by atoms with Gasteiger partial charge in [-0.2, -0.15) is 0 Å². The fourth-order valence-corrected chi connectivity index (χ4v) is 2.98. The van der Waals surface area contributed by atoms with E-state index >= 15 is 0 Å². The Morgan fingerprint density at radius 1 is 1.42 bits per heavy atom. The molecule has 6 nitrogen and oxygen atoms in total. The summed E-state index contributed by atoms with van der Waals surface area (Å²) in [7, 11) is 0. The van der Waals surface area contributed by atoms with Crippen molar-refractivity contribution in [2.24, 2.45) is 11.7 Å². The molecular formula is C17H25ClN4O2. The lowest BCUT2D eigenvalue weighted by atomic mass is 9.95. The molecule has 0 unspecified atom stereocenters. The lowest BCUT2D eigenvalue weighted by Gasteiger charge is -2.34. The minimum atomic E-state index is -0.464. The highest BCUT2D eigenvalue weighted by Gasteiger charge is 2.30. The first-order valence-corrected chi connectivity index (χ1v) is 8.50. The van der Waals surface area contributed by atoms with Crippen molar-refractivity contribution in [3.63, 3.8) is 0 Å². The van der Waals surface area contributed by atoms with Gasteiger partial charge in [-0.15, -0.1) is 0 Å². The molecule has 1 heterocycles. The number of urea groups is 1. The first kappa shape index (κ1) is 18.4. The molecule has 1 saturated heterocycles. The first-order valence-electron chi connectivity index (χ1n) is 8.13. The summed E-state index contributed by atoms with van der Waals surface area (Å²) < 4.78 is 0. The van der Waals surface area contributed by atoms with E-state index in [1.165, 1.54) is 4.90 Å². The van der Waals surface area contributed by atoms with Crippen LogP contribution in [0.25, 0.3) is 0 Å². The number of primary amides is 1. The van der Waals surface area contributed by atoms with E-state index in [0.29, 0.717) is 24.7 Å². The molecule has 0 saturated carbocycles. The Bertz CT molecular complexity index is 606. The minimum Gasteiger partial charge on any atom is -0.383 e. The lowest BCUT2D eigenvalue weighted by Crippen LogP contribution is -2.53. The van der Waals surface area contributed by atoms with Crippen molar-refractivity contribution < 1.29 is 9.59 Å². The largest absolute Gasteiger partial charge is 0.383 e. The Balaban J connectivity index is 1.88. The second-order valence-corrected chi connectivity index (χ2v) is 7.30. The summed E-state index contributed by atoms with van der Waals surface area (Å²) in [5.41, 5.74) is 5.78. The van der Waals surface area contributed by atoms with Gasteiger partial charge in [0.2, 0.25) is 5.91 Å². The van der Waals surface area contributed by atoms with Gasteiger partial charge in [0.15, 0.2) is 0 Å². The van der Waals surface area contributed by atoms with Crippen molar-refractivity contribution in [2.75, 3.05) is 25.0 Å². The highest BCUT2D eigenvalue weighted by molar-refractivity contribution is 6.30. The van der Waals surface area contributed by atoms with Crippen LogP contribution in [-0.2, 0) is 4.79 Å². The predicted molar refractivity (Wildman–Crippen MR) is 96.0 cm³/mol. The van der Waals surface area contributed by atoms with E-state index in [1.54, 1.807) is 0 Å². The van der Waals surface area contributed by atoms with Crippen molar-refractivity contribution in [2.45, 2.75) is 32.2 Å². The van der Waals surface area contributed by atoms with Gasteiger partial charge in [0, 0.05) is 30.3 Å². The van der Waals surface area contributed by atoms with Crippen LogP contribution in [0.3, 0.4) is 0 Å². The van der Waals surface area contributed by atoms with Crippen LogP contribution in [0.15, 0.2) is 24.3 Å². The fraction of sp³-hybridized carbons (Fsp3) is 0.529. The van der Waals surface area contributed by atoms with Gasteiger partial charge in [-0.05, 0) is 44.9 Å². The van der Waals surface area contributed by atoms with Crippen molar-refractivity contribution in [3.8, 4) is 0 Å². The number of benzene rings is 1. The molecule has 1 aliphatic rings. The summed E-state index contributed by atoms with van der Waals surface area (Å²) in [5.74, 6) is -0.254. The fourth-order valence-electron chi connectivity index (χ4n) is 2.79. The van der Waals surface area contributed by atoms with E-state index in [0.717, 1.165) is 18.5 Å². The molecule has 7 heteroatoms. The van der Waals surface area contributed by atoms with Gasteiger partial charge in [-0.25, -0.2) is 4.79 Å². The van der Waals surface area contributed by atoms with Crippen LogP contribution in [0.2, 0.25) is 5.02 Å². The SMILES string of the molecule is CC(C)(CNc1cccc(Cl)c1)NC(=O)[C@@H]1CCCN(C(N)=O)C1. The summed E-state index contributed by atoms with van der Waals surface area (Å²) in [6, 6.07) is 6.99. The maximum Gasteiger partial charge on any atom is 0.314 e. The molecule has 0 radical (unpaired) electrons. The lowest BCUT2D eigenvalue weighted by molar-refractivity contribution is -0.127. The molecule has 0 aromatic heterocycles. The van der Waals surface area contributed by atoms with Gasteiger partial charge >= 0.3 is 6.03 Å². The van der Waals surface area contributed by atoms with Crippen LogP contribution < -0.4 is 16.4 Å². The molecule has 132 valence electrons. The highest BCUT2D eigenvalue weighted by Crippen LogP contribution is 2.19. The number of hydrogen-bond donors (Lipinski definition) is 3. The smallest absolute Gasteiger partial charge is 0.314 e. The van der Waals surface area contributed by atoms with E-state index in [2.05, 4.69) is 10.6 Å². The Kier molecular flexibility index (Phi) is 5.94. The summed E-state index contributed by atoms with van der Waals surface area (Å²) in [6.45, 7) is 5.48. The first-order chi connectivity index (χ1) is 11.3. The van der Waals surface area contributed by atoms with Crippen LogP contribution in [0.4, 0.5) is 10.5 Å². The second-order valence-electron chi connectivity index (χ2n) is 6.86. The van der Waals surface area contributed by atoms with Gasteiger partial charge < -0.3 is 21.3 Å². The molecule has 4 N–H and O–H groups in total. The van der Waals surface area contributed by atoms with E-state index in [4.69, 9.17) is 17.3 Å². The zero-order valence-corrected chi connectivity index (χ0v) is 14.9. The van der Waals surface area contributed by atoms with E-state index in [9.17, 15) is 9.59 Å². The standard InChI is InChI=1S/C17H25ClN4O2/c1-17(2,11-20-14-7-3-6-13(18)9-14)21-15(23)12-5-4-8-22(10-12)16(19)24/h3,6-7,9,12,20H,4-5,8,10-11H2,1-2H3,(H2,19,24)(H,21,23)/t12-/m1/s1. The van der Waals surface area contributed by atoms with E-state index < -0.39 is 11.6 Å². The topological polar surface area (TPSA) is 87.5 Å². The van der Waals surface area contributed by atoms with Gasteiger partial charge in [0.1, 0.15) is 0 Å². The molecule has 1 aromatic carbocycles. The van der Waals surface area contributed by atoms with Crippen molar-refractivity contribution in [3.05, 3.63) is 29.3 Å². The number of amides is 3. The normalized spacial score (nSPS) is 18.1. The van der Waals surface area contributed by atoms with Gasteiger partial charge in [0.05, 0.1) is 11.5 Å². The number of nitrogens with zero attached hydrogens (tertiary/aromatic N) is 1. The molecule has 2 rings (SSSR count). The number of carbonyl (C=O) groups excluding carboxylic acids is 2. The third-order valence-electron chi connectivity index (χ3n) is 4.12. The Labute approximate surface area is 147 Å². The molecule has 1 atom stereocenters. The summed E-state index contributed by atoms with van der Waals surface area (Å²) in [5, 5.41) is 7.00. The quantitative estimate of drug-likeness (QED) is 0.760. The molecule has 1 fully saturated rings. The molecule has 0 bridgehead atoms. The Morgan fingerprint density at radius 2 is 2.17 bits per heavy atom. The van der Waals surface area contributed by atoms with Gasteiger partial charge in [0.25, 0.3) is 0 Å². The molecular weight excluding hydrogens is 328 g/mol. The molecule has 3 amide bonds. The predicted octanol–water partition coefficient (Wildman–Crippen LogP) is 2.44. The number of carbonyl (C=O) groups is 2. The van der Waals surface area contributed by atoms with Crippen molar-refractivity contribution in [1.29, 1.82) is 0 Å². The molecule has 0 spiro atoms. The van der Waals surface area contributed by atoms with Gasteiger partial charge in [-0.3, -0.25) is 4.79 Å². The second kappa shape index (κ2) is 7.75. The number of hydrogen-bond acceptors (Lipinski definition) is 3. The van der Waals surface area contributed by atoms with Crippen LogP contribution in [0, 0.1) is 5.92 Å². The molecule has 0 aliphatic carbocycles. The van der Waals surface area contributed by atoms with Crippen LogP contribution in [0.1, 0.15) is 26.7 Å². The third kappa shape index (κ3) is 5.30. The van der Waals surface area contributed by atoms with Crippen molar-refractivity contribution in [1.82, 2.24) is 10.2 Å². The minimum absolute atomic E-state index is 0.0427. The molecule has 1 aliphatic heterocycles. The highest BCUT2D eigenvalue weighted by atomic mass is 35.5. The Hall–Kier alpha value is -1.95. The van der Waals surface area contributed by atoms with Crippen LogP contribution in [0.5, 0.6) is 0 Å². The molecule has 24 heavy (non-hydrogen) atoms. The third-order valence-corrected chi connectivity index (χ3v) is 4.36. The maximum absolute atomic E-state index is 12.5. The van der Waals surface area contributed by atoms with E-state index in [1.807, 2.05) is 38.1 Å². The average Bonchev–Trinajstić information content (AvgIpc) is 2.53. The molecule has 1 aromatic rings. The monoisotopic (exact) mass is 352 g/mol. The van der Waals surface area contributed by atoms with Crippen LogP contribution in [-0.4, -0.2) is 42.0 Å². The van der Waals surface area contributed by atoms with Gasteiger partial charge in [-0.1, -0.05) is 17.7 Å². The number of anilines is 1. The van der Waals surface area contributed by atoms with Crippen LogP contribution >= 0.6 is 11.6 Å². The summed E-state index contributed by atoms with van der Waals surface area (Å²) >= 11 is 5.97. The summed E-state index contributed by atoms with van der Waals surface area (Å²) in [6.07, 6.45) is 1.57. The number of likely N-dealkylation sites (tertiary alicyclic amines) is 1. The number of nitrogens with two attached hydrogens (primary N) is 1. The number of nitrogens with one attached hydrogen (secondary N) is 2. The van der Waals surface area contributed by atoms with E-state index in [-0.39, 0.29) is 11.8 Å². The number of piperidine rings is 1. The number of rotatable bonds is 5. The van der Waals surface area contributed by atoms with Crippen molar-refractivity contribution >= 4 is 29.2 Å². The maximum atomic E-state index is 12.5.